The molecule has 26 heavy (non-hydrogen) atoms. The van der Waals surface area contributed by atoms with E-state index >= 15 is 0 Å². The zero-order chi connectivity index (χ0) is 18.7. The number of fused-ring (bicyclic) bond motifs is 3. The van der Waals surface area contributed by atoms with Gasteiger partial charge in [-0.15, -0.1) is 16.4 Å². The van der Waals surface area contributed by atoms with Gasteiger partial charge in [0, 0.05) is 12.5 Å². The first-order chi connectivity index (χ1) is 12.2. The fraction of sp³-hybridized carbons (Fsp3) is 0.133. The van der Waals surface area contributed by atoms with E-state index in [4.69, 9.17) is 0 Å². The van der Waals surface area contributed by atoms with Gasteiger partial charge in [-0.05, 0) is 23.6 Å². The number of benzene rings is 1. The van der Waals surface area contributed by atoms with E-state index in [2.05, 4.69) is 15.3 Å². The molecule has 0 amide bonds. The Labute approximate surface area is 148 Å². The average Bonchev–Trinajstić information content (AvgIpc) is 3.21. The number of halogens is 2. The molecule has 0 bridgehead atoms. The molecule has 11 heteroatoms. The number of rotatable bonds is 3. The van der Waals surface area contributed by atoms with Crippen LogP contribution in [0.2, 0.25) is 0 Å². The van der Waals surface area contributed by atoms with Gasteiger partial charge in [0.2, 0.25) is 14.9 Å². The standard InChI is InChI=1S/C15H10F2N4O3S2/c1-15(16,17)8-2-4-9(5-3-8)26(23,24)14-12-18-13(22)11-10(6-7-25-11)21(12)20-19-14/h2-7,20H,1H3. The number of alkyl halides is 2. The van der Waals surface area contributed by atoms with Gasteiger partial charge in [0.25, 0.3) is 11.5 Å². The minimum atomic E-state index is -4.16. The lowest BCUT2D eigenvalue weighted by molar-refractivity contribution is 0.0174. The zero-order valence-electron chi connectivity index (χ0n) is 13.1. The number of nitrogens with one attached hydrogen (secondary N) is 1. The second kappa shape index (κ2) is 5.42. The third-order valence-corrected chi connectivity index (χ3v) is 6.44. The lowest BCUT2D eigenvalue weighted by Gasteiger charge is -2.10. The number of H-pyrrole nitrogens is 1. The van der Waals surface area contributed by atoms with Gasteiger partial charge in [-0.25, -0.2) is 26.9 Å². The number of hydrogen-bond donors (Lipinski definition) is 1. The van der Waals surface area contributed by atoms with Crippen molar-refractivity contribution in [2.75, 3.05) is 0 Å². The van der Waals surface area contributed by atoms with E-state index in [1.807, 2.05) is 0 Å². The molecule has 3 aromatic heterocycles. The summed E-state index contributed by atoms with van der Waals surface area (Å²) in [4.78, 5) is 15.7. The van der Waals surface area contributed by atoms with Crippen molar-refractivity contribution in [2.24, 2.45) is 0 Å². The zero-order valence-corrected chi connectivity index (χ0v) is 14.7. The highest BCUT2D eigenvalue weighted by molar-refractivity contribution is 7.91. The molecule has 0 saturated carbocycles. The minimum Gasteiger partial charge on any atom is -0.266 e. The van der Waals surface area contributed by atoms with E-state index in [0.29, 0.717) is 10.2 Å². The monoisotopic (exact) mass is 396 g/mol. The number of nitrogens with zero attached hydrogens (tertiary/aromatic N) is 3. The molecule has 1 N–H and O–H groups in total. The predicted octanol–water partition coefficient (Wildman–Crippen LogP) is 2.58. The van der Waals surface area contributed by atoms with Crippen LogP contribution in [0.25, 0.3) is 15.9 Å². The number of thiophene rings is 1. The summed E-state index contributed by atoms with van der Waals surface area (Å²) in [6.07, 6.45) is 0. The highest BCUT2D eigenvalue weighted by Crippen LogP contribution is 2.29. The first kappa shape index (κ1) is 16.8. The molecule has 0 aliphatic carbocycles. The Morgan fingerprint density at radius 3 is 2.54 bits per heavy atom. The molecule has 0 aliphatic rings. The molecule has 0 unspecified atom stereocenters. The van der Waals surface area contributed by atoms with Crippen LogP contribution in [0.1, 0.15) is 12.5 Å². The van der Waals surface area contributed by atoms with E-state index < -0.39 is 26.3 Å². The molecule has 3 heterocycles. The van der Waals surface area contributed by atoms with Gasteiger partial charge in [-0.1, -0.05) is 12.1 Å². The SMILES string of the molecule is CC(F)(F)c1ccc(S(=O)(=O)c2n[nH]n3c2nc(=O)c2sccc23)cc1. The van der Waals surface area contributed by atoms with Crippen LogP contribution < -0.4 is 5.56 Å². The molecule has 0 fully saturated rings. The maximum atomic E-state index is 13.3. The fourth-order valence-electron chi connectivity index (χ4n) is 2.56. The molecule has 0 aliphatic heterocycles. The maximum Gasteiger partial charge on any atom is 0.291 e. The summed E-state index contributed by atoms with van der Waals surface area (Å²) >= 11 is 1.18. The van der Waals surface area contributed by atoms with Crippen LogP contribution >= 0.6 is 11.3 Å². The van der Waals surface area contributed by atoms with Crippen molar-refractivity contribution in [1.29, 1.82) is 0 Å². The second-order valence-electron chi connectivity index (χ2n) is 5.64. The Kier molecular flexibility index (Phi) is 3.50. The lowest BCUT2D eigenvalue weighted by Crippen LogP contribution is -2.11. The molecule has 0 spiro atoms. The van der Waals surface area contributed by atoms with Crippen molar-refractivity contribution in [3.05, 3.63) is 51.6 Å². The molecule has 4 rings (SSSR count). The molecule has 4 aromatic rings. The number of sulfone groups is 1. The topological polar surface area (TPSA) is 97.2 Å². The molecule has 0 saturated heterocycles. The minimum absolute atomic E-state index is 0.147. The smallest absolute Gasteiger partial charge is 0.266 e. The molecular weight excluding hydrogens is 386 g/mol. The Bertz CT molecular complexity index is 1300. The van der Waals surface area contributed by atoms with Crippen LogP contribution in [0.4, 0.5) is 8.78 Å². The summed E-state index contributed by atoms with van der Waals surface area (Å²) < 4.78 is 54.0. The van der Waals surface area contributed by atoms with Crippen LogP contribution in [0.3, 0.4) is 0 Å². The molecule has 0 radical (unpaired) electrons. The van der Waals surface area contributed by atoms with E-state index in [1.54, 1.807) is 11.4 Å². The van der Waals surface area contributed by atoms with Gasteiger partial charge in [0.05, 0.1) is 10.4 Å². The molecular formula is C15H10F2N4O3S2. The first-order valence-electron chi connectivity index (χ1n) is 7.27. The van der Waals surface area contributed by atoms with Gasteiger partial charge in [-0.2, -0.15) is 4.98 Å². The van der Waals surface area contributed by atoms with Crippen LogP contribution in [-0.2, 0) is 15.8 Å². The highest BCUT2D eigenvalue weighted by atomic mass is 32.2. The Morgan fingerprint density at radius 1 is 1.19 bits per heavy atom. The third kappa shape index (κ3) is 2.42. The van der Waals surface area contributed by atoms with Crippen molar-refractivity contribution in [1.82, 2.24) is 19.8 Å². The Balaban J connectivity index is 1.91. The van der Waals surface area contributed by atoms with Gasteiger partial charge >= 0.3 is 0 Å². The quantitative estimate of drug-likeness (QED) is 0.574. The van der Waals surface area contributed by atoms with Crippen molar-refractivity contribution in [3.8, 4) is 0 Å². The molecule has 0 atom stereocenters. The van der Waals surface area contributed by atoms with Crippen LogP contribution in [-0.4, -0.2) is 28.2 Å². The van der Waals surface area contributed by atoms with E-state index in [-0.39, 0.29) is 16.1 Å². The van der Waals surface area contributed by atoms with Gasteiger partial charge in [0.1, 0.15) is 4.70 Å². The van der Waals surface area contributed by atoms with Gasteiger partial charge < -0.3 is 0 Å². The largest absolute Gasteiger partial charge is 0.291 e. The van der Waals surface area contributed by atoms with E-state index in [1.165, 1.54) is 15.9 Å². The first-order valence-corrected chi connectivity index (χ1v) is 9.63. The van der Waals surface area contributed by atoms with Crippen molar-refractivity contribution in [3.63, 3.8) is 0 Å². The molecule has 134 valence electrons. The number of aromatic nitrogens is 4. The van der Waals surface area contributed by atoms with Crippen molar-refractivity contribution in [2.45, 2.75) is 22.8 Å². The van der Waals surface area contributed by atoms with Crippen LogP contribution in [0, 0.1) is 0 Å². The normalized spacial score (nSPS) is 12.9. The van der Waals surface area contributed by atoms with Gasteiger partial charge in [-0.3, -0.25) is 4.79 Å². The Morgan fingerprint density at radius 2 is 1.88 bits per heavy atom. The lowest BCUT2D eigenvalue weighted by atomic mass is 10.1. The van der Waals surface area contributed by atoms with Crippen LogP contribution in [0.15, 0.2) is 50.4 Å². The van der Waals surface area contributed by atoms with Crippen molar-refractivity contribution < 1.29 is 17.2 Å². The summed E-state index contributed by atoms with van der Waals surface area (Å²) in [5.74, 6) is -3.08. The van der Waals surface area contributed by atoms with E-state index in [0.717, 1.165) is 31.2 Å². The number of aromatic amines is 1. The molecule has 1 aromatic carbocycles. The number of hydrogen-bond acceptors (Lipinski definition) is 6. The van der Waals surface area contributed by atoms with Crippen LogP contribution in [0.5, 0.6) is 0 Å². The fourth-order valence-corrected chi connectivity index (χ4v) is 4.57. The summed E-state index contributed by atoms with van der Waals surface area (Å²) in [6, 6.07) is 5.88. The highest BCUT2D eigenvalue weighted by Gasteiger charge is 2.28. The Hall–Kier alpha value is -2.66. The molecule has 7 nitrogen and oxygen atoms in total. The maximum absolute atomic E-state index is 13.3. The summed E-state index contributed by atoms with van der Waals surface area (Å²) in [5.41, 5.74) is -0.558. The summed E-state index contributed by atoms with van der Waals surface area (Å²) in [6.45, 7) is 0.722. The van der Waals surface area contributed by atoms with Crippen molar-refractivity contribution >= 4 is 37.0 Å². The van der Waals surface area contributed by atoms with E-state index in [9.17, 15) is 22.0 Å². The average molecular weight is 396 g/mol. The third-order valence-electron chi connectivity index (χ3n) is 3.87. The predicted molar refractivity (Wildman–Crippen MR) is 90.5 cm³/mol. The second-order valence-corrected chi connectivity index (χ2v) is 8.43. The summed E-state index contributed by atoms with van der Waals surface area (Å²) in [7, 11) is -4.16. The van der Waals surface area contributed by atoms with Gasteiger partial charge in [0.15, 0.2) is 5.65 Å². The summed E-state index contributed by atoms with van der Waals surface area (Å²) in [5, 5.41) is 7.55.